The van der Waals surface area contributed by atoms with Crippen LogP contribution in [0.1, 0.15) is 31.9 Å². The molecule has 0 saturated heterocycles. The quantitative estimate of drug-likeness (QED) is 0.368. The van der Waals surface area contributed by atoms with Crippen LogP contribution >= 0.6 is 0 Å². The minimum absolute atomic E-state index is 0.0316. The van der Waals surface area contributed by atoms with Gasteiger partial charge in [-0.2, -0.15) is 5.10 Å². The fourth-order valence-corrected chi connectivity index (χ4v) is 2.15. The summed E-state index contributed by atoms with van der Waals surface area (Å²) >= 11 is 0. The molecule has 0 spiro atoms. The molecule has 0 heterocycles. The molecule has 0 unspecified atom stereocenters. The summed E-state index contributed by atoms with van der Waals surface area (Å²) in [5, 5.41) is 18.2. The Morgan fingerprint density at radius 1 is 1.15 bits per heavy atom. The molecule has 136 valence electrons. The van der Waals surface area contributed by atoms with E-state index in [1.165, 1.54) is 30.0 Å². The molecule has 0 atom stereocenters. The first-order valence-corrected chi connectivity index (χ1v) is 7.85. The molecule has 0 aliphatic heterocycles. The second kappa shape index (κ2) is 7.64. The number of guanidine groups is 1. The zero-order valence-corrected chi connectivity index (χ0v) is 14.8. The molecule has 0 saturated carbocycles. The van der Waals surface area contributed by atoms with Gasteiger partial charge in [0.05, 0.1) is 11.1 Å². The van der Waals surface area contributed by atoms with Crippen LogP contribution in [0.15, 0.2) is 52.7 Å². The van der Waals surface area contributed by atoms with E-state index in [0.717, 1.165) is 0 Å². The van der Waals surface area contributed by atoms with Crippen LogP contribution in [0.4, 0.5) is 5.69 Å². The highest BCUT2D eigenvalue weighted by atomic mass is 16.6. The fourth-order valence-electron chi connectivity index (χ4n) is 2.15. The average Bonchev–Trinajstić information content (AvgIpc) is 2.55. The molecule has 2 rings (SSSR count). The van der Waals surface area contributed by atoms with Crippen LogP contribution in [0.5, 0.6) is 11.5 Å². The molecule has 26 heavy (non-hydrogen) atoms. The van der Waals surface area contributed by atoms with Crippen LogP contribution in [-0.4, -0.2) is 17.1 Å². The van der Waals surface area contributed by atoms with Crippen molar-refractivity contribution in [3.05, 3.63) is 63.7 Å². The molecule has 0 aromatic heterocycles. The molecule has 0 fully saturated rings. The Morgan fingerprint density at radius 3 is 2.35 bits per heavy atom. The van der Waals surface area contributed by atoms with Gasteiger partial charge < -0.3 is 16.2 Å². The number of hydrogen-bond acceptors (Lipinski definition) is 5. The molecule has 0 radical (unpaired) electrons. The predicted molar refractivity (Wildman–Crippen MR) is 102 cm³/mol. The van der Waals surface area contributed by atoms with Gasteiger partial charge in [-0.25, -0.2) is 0 Å². The molecule has 8 nitrogen and oxygen atoms in total. The number of hydrogen-bond donors (Lipinski definition) is 2. The number of nitrogens with zero attached hydrogens (tertiary/aromatic N) is 3. The van der Waals surface area contributed by atoms with E-state index in [0.29, 0.717) is 17.1 Å². The monoisotopic (exact) mass is 355 g/mol. The third-order valence-corrected chi connectivity index (χ3v) is 3.52. The van der Waals surface area contributed by atoms with E-state index in [1.807, 2.05) is 24.3 Å². The molecule has 0 amide bonds. The van der Waals surface area contributed by atoms with Gasteiger partial charge in [0.1, 0.15) is 11.5 Å². The average molecular weight is 355 g/mol. The van der Waals surface area contributed by atoms with E-state index in [9.17, 15) is 10.1 Å². The molecule has 2 aromatic rings. The Labute approximate surface area is 151 Å². The topological polar surface area (TPSA) is 129 Å². The Balaban J connectivity index is 2.34. The van der Waals surface area contributed by atoms with Gasteiger partial charge in [0.25, 0.3) is 5.69 Å². The third kappa shape index (κ3) is 5.04. The Hall–Kier alpha value is -3.42. The smallest absolute Gasteiger partial charge is 0.270 e. The zero-order valence-electron chi connectivity index (χ0n) is 14.8. The lowest BCUT2D eigenvalue weighted by Gasteiger charge is -2.19. The second-order valence-electron chi connectivity index (χ2n) is 6.63. The van der Waals surface area contributed by atoms with Crippen molar-refractivity contribution < 1.29 is 9.66 Å². The van der Waals surface area contributed by atoms with Gasteiger partial charge in [-0.1, -0.05) is 32.9 Å². The molecule has 2 aromatic carbocycles. The molecule has 0 aliphatic carbocycles. The Bertz CT molecular complexity index is 848. The van der Waals surface area contributed by atoms with E-state index in [1.54, 1.807) is 0 Å². The number of nitro groups is 1. The van der Waals surface area contributed by atoms with Crippen LogP contribution in [-0.2, 0) is 5.41 Å². The largest absolute Gasteiger partial charge is 0.457 e. The SMILES string of the molecule is CC(C)(C)c1ccc(Oc2ccc([N+](=O)[O-])cc2C=NN=C(N)N)cc1. The van der Waals surface area contributed by atoms with Gasteiger partial charge in [0.15, 0.2) is 0 Å². The summed E-state index contributed by atoms with van der Waals surface area (Å²) in [6.45, 7) is 6.37. The van der Waals surface area contributed by atoms with Crippen molar-refractivity contribution in [1.82, 2.24) is 0 Å². The maximum Gasteiger partial charge on any atom is 0.270 e. The summed E-state index contributed by atoms with van der Waals surface area (Å²) in [5.74, 6) is 0.781. The molecule has 4 N–H and O–H groups in total. The molecule has 8 heteroatoms. The van der Waals surface area contributed by atoms with Gasteiger partial charge >= 0.3 is 0 Å². The summed E-state index contributed by atoms with van der Waals surface area (Å²) in [7, 11) is 0. The fraction of sp³-hybridized carbons (Fsp3) is 0.222. The first-order valence-electron chi connectivity index (χ1n) is 7.85. The lowest BCUT2D eigenvalue weighted by atomic mass is 9.87. The minimum atomic E-state index is -0.500. The van der Waals surface area contributed by atoms with Crippen LogP contribution in [0.25, 0.3) is 0 Å². The Morgan fingerprint density at radius 2 is 1.81 bits per heavy atom. The number of rotatable bonds is 5. The molecular weight excluding hydrogens is 334 g/mol. The van der Waals surface area contributed by atoms with E-state index in [4.69, 9.17) is 16.2 Å². The van der Waals surface area contributed by atoms with Gasteiger partial charge in [0.2, 0.25) is 5.96 Å². The maximum absolute atomic E-state index is 11.0. The van der Waals surface area contributed by atoms with Gasteiger partial charge in [-0.3, -0.25) is 10.1 Å². The van der Waals surface area contributed by atoms with Crippen molar-refractivity contribution in [3.63, 3.8) is 0 Å². The number of nitrogens with two attached hydrogens (primary N) is 2. The van der Waals surface area contributed by atoms with Gasteiger partial charge in [-0.15, -0.1) is 5.10 Å². The van der Waals surface area contributed by atoms with Crippen LogP contribution < -0.4 is 16.2 Å². The predicted octanol–water partition coefficient (Wildman–Crippen LogP) is 3.29. The molecule has 0 bridgehead atoms. The number of ether oxygens (including phenoxy) is 1. The molecular formula is C18H21N5O3. The number of benzene rings is 2. The first-order chi connectivity index (χ1) is 12.2. The van der Waals surface area contributed by atoms with Crippen LogP contribution in [0.2, 0.25) is 0 Å². The van der Waals surface area contributed by atoms with Crippen molar-refractivity contribution in [2.75, 3.05) is 0 Å². The maximum atomic E-state index is 11.0. The van der Waals surface area contributed by atoms with Gasteiger partial charge in [0, 0.05) is 17.7 Å². The number of non-ortho nitro benzene ring substituents is 1. The highest BCUT2D eigenvalue weighted by Gasteiger charge is 2.14. The molecule has 0 aliphatic rings. The highest BCUT2D eigenvalue weighted by Crippen LogP contribution is 2.30. The number of nitro benzene ring substituents is 1. The summed E-state index contributed by atoms with van der Waals surface area (Å²) < 4.78 is 5.84. The van der Waals surface area contributed by atoms with Gasteiger partial charge in [-0.05, 0) is 29.2 Å². The summed E-state index contributed by atoms with van der Waals surface area (Å²) in [4.78, 5) is 10.5. The summed E-state index contributed by atoms with van der Waals surface area (Å²) in [6.07, 6.45) is 1.30. The van der Waals surface area contributed by atoms with Crippen molar-refractivity contribution >= 4 is 17.9 Å². The normalized spacial score (nSPS) is 11.3. The lowest BCUT2D eigenvalue weighted by molar-refractivity contribution is -0.384. The van der Waals surface area contributed by atoms with Crippen molar-refractivity contribution in [1.29, 1.82) is 0 Å². The lowest BCUT2D eigenvalue weighted by Crippen LogP contribution is -2.21. The van der Waals surface area contributed by atoms with Crippen molar-refractivity contribution in [2.24, 2.45) is 21.7 Å². The van der Waals surface area contributed by atoms with Crippen LogP contribution in [0, 0.1) is 10.1 Å². The van der Waals surface area contributed by atoms with E-state index in [-0.39, 0.29) is 17.1 Å². The first kappa shape index (κ1) is 18.9. The Kier molecular flexibility index (Phi) is 5.56. The zero-order chi connectivity index (χ0) is 19.3. The third-order valence-electron chi connectivity index (χ3n) is 3.52. The minimum Gasteiger partial charge on any atom is -0.457 e. The van der Waals surface area contributed by atoms with E-state index in [2.05, 4.69) is 31.0 Å². The highest BCUT2D eigenvalue weighted by molar-refractivity contribution is 5.85. The van der Waals surface area contributed by atoms with E-state index < -0.39 is 4.92 Å². The summed E-state index contributed by atoms with van der Waals surface area (Å²) in [5.41, 5.74) is 11.9. The standard InChI is InChI=1S/C18H21N5O3/c1-18(2,3)13-4-7-15(8-5-13)26-16-9-6-14(23(24)25)10-12(16)11-21-22-17(19)20/h4-11H,1-3H3,(H4,19,20,22). The van der Waals surface area contributed by atoms with Crippen molar-refractivity contribution in [3.8, 4) is 11.5 Å². The van der Waals surface area contributed by atoms with Crippen LogP contribution in [0.3, 0.4) is 0 Å². The van der Waals surface area contributed by atoms with Crippen molar-refractivity contribution in [2.45, 2.75) is 26.2 Å². The van der Waals surface area contributed by atoms with E-state index >= 15 is 0 Å². The summed E-state index contributed by atoms with van der Waals surface area (Å²) in [6, 6.07) is 11.9. The second-order valence-corrected chi connectivity index (χ2v) is 6.63.